The Bertz CT molecular complexity index is 584. The normalized spacial score (nSPS) is 11.6. The predicted molar refractivity (Wildman–Crippen MR) is 76.7 cm³/mol. The molecule has 0 fully saturated rings. The highest BCUT2D eigenvalue weighted by Gasteiger charge is 2.26. The van der Waals surface area contributed by atoms with Crippen LogP contribution in [0.1, 0.15) is 18.9 Å². The number of aryl methyl sites for hydroxylation is 1. The summed E-state index contributed by atoms with van der Waals surface area (Å²) in [4.78, 5) is 11.5. The Morgan fingerprint density at radius 3 is 2.55 bits per heavy atom. The summed E-state index contributed by atoms with van der Waals surface area (Å²) in [5.41, 5.74) is 6.89. The topological polar surface area (TPSA) is 89.7 Å². The molecule has 0 heterocycles. The summed E-state index contributed by atoms with van der Waals surface area (Å²) in [7, 11) is -2.50. The number of ether oxygens (including phenoxy) is 1. The third kappa shape index (κ3) is 3.71. The third-order valence-corrected chi connectivity index (χ3v) is 4.73. The molecule has 112 valence electrons. The number of carbonyl (C=O) groups is 1. The number of nitrogens with two attached hydrogens (primary N) is 1. The van der Waals surface area contributed by atoms with Crippen molar-refractivity contribution in [2.24, 2.45) is 0 Å². The molecule has 1 aromatic carbocycles. The number of methoxy groups -OCH3 is 1. The Hall–Kier alpha value is -1.60. The zero-order valence-electron chi connectivity index (χ0n) is 11.9. The van der Waals surface area contributed by atoms with Gasteiger partial charge in [0.25, 0.3) is 0 Å². The molecular weight excluding hydrogens is 280 g/mol. The van der Waals surface area contributed by atoms with Crippen molar-refractivity contribution in [1.29, 1.82) is 0 Å². The Labute approximate surface area is 119 Å². The molecule has 0 unspecified atom stereocenters. The summed E-state index contributed by atoms with van der Waals surface area (Å²) in [5.74, 6) is -0.589. The van der Waals surface area contributed by atoms with E-state index in [1.54, 1.807) is 13.0 Å². The van der Waals surface area contributed by atoms with Crippen LogP contribution in [-0.4, -0.2) is 38.9 Å². The highest BCUT2D eigenvalue weighted by atomic mass is 32.2. The van der Waals surface area contributed by atoms with Gasteiger partial charge in [0.05, 0.1) is 12.0 Å². The van der Waals surface area contributed by atoms with Gasteiger partial charge in [-0.3, -0.25) is 4.79 Å². The molecule has 0 amide bonds. The van der Waals surface area contributed by atoms with E-state index in [0.29, 0.717) is 17.7 Å². The number of hydrogen-bond acceptors (Lipinski definition) is 5. The second kappa shape index (κ2) is 6.71. The van der Waals surface area contributed by atoms with Crippen molar-refractivity contribution < 1.29 is 17.9 Å². The zero-order valence-corrected chi connectivity index (χ0v) is 12.7. The molecule has 0 aliphatic rings. The minimum Gasteiger partial charge on any atom is -0.468 e. The molecule has 0 atom stereocenters. The standard InChI is InChI=1S/C13H20N2O4S/c1-4-7-15(9-13(16)19-3)20(17,18)11-5-6-12(14)10(2)8-11/h5-6,8H,4,7,9,14H2,1-3H3. The number of hydrogen-bond donors (Lipinski definition) is 1. The van der Waals surface area contributed by atoms with Gasteiger partial charge in [-0.25, -0.2) is 8.42 Å². The summed E-state index contributed by atoms with van der Waals surface area (Å²) in [5, 5.41) is 0. The zero-order chi connectivity index (χ0) is 15.3. The lowest BCUT2D eigenvalue weighted by Crippen LogP contribution is -2.36. The number of anilines is 1. The highest BCUT2D eigenvalue weighted by molar-refractivity contribution is 7.89. The molecule has 0 spiro atoms. The van der Waals surface area contributed by atoms with Crippen LogP contribution in [0, 0.1) is 6.92 Å². The Morgan fingerprint density at radius 2 is 2.05 bits per heavy atom. The van der Waals surface area contributed by atoms with Crippen LogP contribution in [-0.2, 0) is 19.6 Å². The maximum Gasteiger partial charge on any atom is 0.321 e. The van der Waals surface area contributed by atoms with Gasteiger partial charge in [0.1, 0.15) is 6.54 Å². The molecule has 0 aliphatic carbocycles. The van der Waals surface area contributed by atoms with Gasteiger partial charge in [0.2, 0.25) is 10.0 Å². The summed E-state index contributed by atoms with van der Waals surface area (Å²) < 4.78 is 30.7. The summed E-state index contributed by atoms with van der Waals surface area (Å²) in [6.45, 7) is 3.53. The van der Waals surface area contributed by atoms with E-state index in [-0.39, 0.29) is 18.0 Å². The molecule has 1 aromatic rings. The van der Waals surface area contributed by atoms with E-state index in [2.05, 4.69) is 4.74 Å². The quantitative estimate of drug-likeness (QED) is 0.629. The molecular formula is C13H20N2O4S. The molecule has 0 saturated carbocycles. The van der Waals surface area contributed by atoms with E-state index >= 15 is 0 Å². The summed E-state index contributed by atoms with van der Waals surface area (Å²) >= 11 is 0. The minimum absolute atomic E-state index is 0.126. The molecule has 20 heavy (non-hydrogen) atoms. The lowest BCUT2D eigenvalue weighted by Gasteiger charge is -2.20. The van der Waals surface area contributed by atoms with Gasteiger partial charge < -0.3 is 10.5 Å². The van der Waals surface area contributed by atoms with Crippen LogP contribution in [0.15, 0.2) is 23.1 Å². The van der Waals surface area contributed by atoms with E-state index in [9.17, 15) is 13.2 Å². The fourth-order valence-electron chi connectivity index (χ4n) is 1.70. The van der Waals surface area contributed by atoms with E-state index in [0.717, 1.165) is 4.31 Å². The monoisotopic (exact) mass is 300 g/mol. The number of nitrogen functional groups attached to an aromatic ring is 1. The molecule has 0 aliphatic heterocycles. The van der Waals surface area contributed by atoms with Gasteiger partial charge in [0.15, 0.2) is 0 Å². The first-order valence-corrected chi connectivity index (χ1v) is 7.70. The maximum absolute atomic E-state index is 12.5. The predicted octanol–water partition coefficient (Wildman–Crippen LogP) is 1.15. The Morgan fingerprint density at radius 1 is 1.40 bits per heavy atom. The lowest BCUT2D eigenvalue weighted by atomic mass is 10.2. The summed E-state index contributed by atoms with van der Waals surface area (Å²) in [6, 6.07) is 4.49. The SMILES string of the molecule is CCCN(CC(=O)OC)S(=O)(=O)c1ccc(N)c(C)c1. The number of sulfonamides is 1. The van der Waals surface area contributed by atoms with Crippen molar-refractivity contribution in [3.63, 3.8) is 0 Å². The number of benzene rings is 1. The number of rotatable bonds is 6. The first-order valence-electron chi connectivity index (χ1n) is 6.26. The Balaban J connectivity index is 3.14. The lowest BCUT2D eigenvalue weighted by molar-refractivity contribution is -0.140. The highest BCUT2D eigenvalue weighted by Crippen LogP contribution is 2.20. The number of carbonyl (C=O) groups excluding carboxylic acids is 1. The molecule has 0 bridgehead atoms. The van der Waals surface area contributed by atoms with Gasteiger partial charge >= 0.3 is 5.97 Å². The molecule has 7 heteroatoms. The van der Waals surface area contributed by atoms with E-state index in [1.165, 1.54) is 19.2 Å². The average Bonchev–Trinajstić information content (AvgIpc) is 2.40. The van der Waals surface area contributed by atoms with Crippen molar-refractivity contribution in [2.45, 2.75) is 25.2 Å². The van der Waals surface area contributed by atoms with E-state index < -0.39 is 16.0 Å². The molecule has 0 saturated heterocycles. The van der Waals surface area contributed by atoms with Crippen LogP contribution >= 0.6 is 0 Å². The van der Waals surface area contributed by atoms with E-state index in [1.807, 2.05) is 6.92 Å². The smallest absolute Gasteiger partial charge is 0.321 e. The van der Waals surface area contributed by atoms with Gasteiger partial charge in [-0.05, 0) is 37.1 Å². The van der Waals surface area contributed by atoms with Crippen LogP contribution < -0.4 is 5.73 Å². The molecule has 1 rings (SSSR count). The van der Waals surface area contributed by atoms with Crippen LogP contribution in [0.4, 0.5) is 5.69 Å². The largest absolute Gasteiger partial charge is 0.468 e. The van der Waals surface area contributed by atoms with Gasteiger partial charge in [-0.1, -0.05) is 6.92 Å². The van der Waals surface area contributed by atoms with Crippen molar-refractivity contribution in [2.75, 3.05) is 25.9 Å². The second-order valence-corrected chi connectivity index (χ2v) is 6.37. The molecule has 0 radical (unpaired) electrons. The van der Waals surface area contributed by atoms with Crippen LogP contribution in [0.25, 0.3) is 0 Å². The van der Waals surface area contributed by atoms with Crippen molar-refractivity contribution in [3.05, 3.63) is 23.8 Å². The van der Waals surface area contributed by atoms with Crippen LogP contribution in [0.3, 0.4) is 0 Å². The molecule has 6 nitrogen and oxygen atoms in total. The third-order valence-electron chi connectivity index (χ3n) is 2.89. The van der Waals surface area contributed by atoms with Crippen molar-refractivity contribution in [1.82, 2.24) is 4.31 Å². The van der Waals surface area contributed by atoms with Crippen molar-refractivity contribution in [3.8, 4) is 0 Å². The molecule has 2 N–H and O–H groups in total. The molecule has 0 aromatic heterocycles. The fourth-order valence-corrected chi connectivity index (χ4v) is 3.26. The van der Waals surface area contributed by atoms with E-state index in [4.69, 9.17) is 5.73 Å². The first kappa shape index (κ1) is 16.5. The van der Waals surface area contributed by atoms with Gasteiger partial charge in [-0.2, -0.15) is 4.31 Å². The minimum atomic E-state index is -3.73. The van der Waals surface area contributed by atoms with Crippen LogP contribution in [0.5, 0.6) is 0 Å². The van der Waals surface area contributed by atoms with Gasteiger partial charge in [-0.15, -0.1) is 0 Å². The summed E-state index contributed by atoms with van der Waals surface area (Å²) in [6.07, 6.45) is 0.601. The first-order chi connectivity index (χ1) is 9.32. The number of nitrogens with zero attached hydrogens (tertiary/aromatic N) is 1. The number of esters is 1. The average molecular weight is 300 g/mol. The second-order valence-electron chi connectivity index (χ2n) is 4.43. The van der Waals surface area contributed by atoms with Gasteiger partial charge in [0, 0.05) is 12.2 Å². The maximum atomic E-state index is 12.5. The van der Waals surface area contributed by atoms with Crippen LogP contribution in [0.2, 0.25) is 0 Å². The fraction of sp³-hybridized carbons (Fsp3) is 0.462. The Kier molecular flexibility index (Phi) is 5.52. The van der Waals surface area contributed by atoms with Crippen molar-refractivity contribution >= 4 is 21.7 Å².